The van der Waals surface area contributed by atoms with Gasteiger partial charge in [-0.3, -0.25) is 4.79 Å². The van der Waals surface area contributed by atoms with Gasteiger partial charge in [-0.1, -0.05) is 26.5 Å². The van der Waals surface area contributed by atoms with Crippen molar-refractivity contribution in [3.8, 4) is 0 Å². The lowest BCUT2D eigenvalue weighted by atomic mass is 10.2. The summed E-state index contributed by atoms with van der Waals surface area (Å²) in [5, 5.41) is 3.25. The normalized spacial score (nSPS) is 10.3. The highest BCUT2D eigenvalue weighted by molar-refractivity contribution is 6.02. The Morgan fingerprint density at radius 1 is 1.60 bits per heavy atom. The van der Waals surface area contributed by atoms with Gasteiger partial charge in [0.1, 0.15) is 5.69 Å². The lowest BCUT2D eigenvalue weighted by Gasteiger charge is -2.07. The summed E-state index contributed by atoms with van der Waals surface area (Å²) in [6.07, 6.45) is 1.28. The molecule has 0 saturated carbocycles. The maximum Gasteiger partial charge on any atom is 0.203 e. The standard InChI is InChI=1S/C12H16N2O/c1-4-12(15)11-7-5-6-10(14-11)8-13-9(2)3/h4-7,9,13H,1,8H2,2-3H3. The van der Waals surface area contributed by atoms with Crippen molar-refractivity contribution in [3.63, 3.8) is 0 Å². The largest absolute Gasteiger partial charge is 0.309 e. The molecule has 0 aliphatic rings. The molecule has 0 spiro atoms. The van der Waals surface area contributed by atoms with Crippen LogP contribution in [0.4, 0.5) is 0 Å². The molecular weight excluding hydrogens is 188 g/mol. The Kier molecular flexibility index (Phi) is 4.18. The van der Waals surface area contributed by atoms with Gasteiger partial charge < -0.3 is 5.32 Å². The SMILES string of the molecule is C=CC(=O)c1cccc(CNC(C)C)n1. The summed E-state index contributed by atoms with van der Waals surface area (Å²) in [4.78, 5) is 15.5. The first-order valence-electron chi connectivity index (χ1n) is 4.99. The second kappa shape index (κ2) is 5.41. The third kappa shape index (κ3) is 3.64. The van der Waals surface area contributed by atoms with Gasteiger partial charge in [0, 0.05) is 12.6 Å². The van der Waals surface area contributed by atoms with Crippen LogP contribution in [-0.4, -0.2) is 16.8 Å². The van der Waals surface area contributed by atoms with Gasteiger partial charge in [-0.15, -0.1) is 0 Å². The van der Waals surface area contributed by atoms with E-state index in [4.69, 9.17) is 0 Å². The Labute approximate surface area is 90.2 Å². The van der Waals surface area contributed by atoms with Crippen LogP contribution in [0, 0.1) is 0 Å². The molecule has 0 saturated heterocycles. The number of ketones is 1. The van der Waals surface area contributed by atoms with Gasteiger partial charge in [0.25, 0.3) is 0 Å². The predicted molar refractivity (Wildman–Crippen MR) is 60.7 cm³/mol. The molecule has 15 heavy (non-hydrogen) atoms. The highest BCUT2D eigenvalue weighted by Gasteiger charge is 2.03. The second-order valence-corrected chi connectivity index (χ2v) is 3.62. The molecule has 1 aromatic rings. The number of nitrogens with one attached hydrogen (secondary N) is 1. The van der Waals surface area contributed by atoms with Crippen LogP contribution < -0.4 is 5.32 Å². The van der Waals surface area contributed by atoms with E-state index in [1.165, 1.54) is 6.08 Å². The van der Waals surface area contributed by atoms with Crippen LogP contribution in [0.2, 0.25) is 0 Å². The van der Waals surface area contributed by atoms with Crippen molar-refractivity contribution in [2.24, 2.45) is 0 Å². The minimum Gasteiger partial charge on any atom is -0.309 e. The maximum absolute atomic E-state index is 11.3. The minimum atomic E-state index is -0.138. The Hall–Kier alpha value is -1.48. The summed E-state index contributed by atoms with van der Waals surface area (Å²) in [5.41, 5.74) is 1.32. The zero-order valence-corrected chi connectivity index (χ0v) is 9.16. The number of hydrogen-bond donors (Lipinski definition) is 1. The highest BCUT2D eigenvalue weighted by atomic mass is 16.1. The third-order valence-corrected chi connectivity index (χ3v) is 1.94. The monoisotopic (exact) mass is 204 g/mol. The van der Waals surface area contributed by atoms with Gasteiger partial charge in [-0.2, -0.15) is 0 Å². The van der Waals surface area contributed by atoms with Gasteiger partial charge >= 0.3 is 0 Å². The van der Waals surface area contributed by atoms with Crippen molar-refractivity contribution in [1.29, 1.82) is 0 Å². The first-order valence-corrected chi connectivity index (χ1v) is 4.99. The summed E-state index contributed by atoms with van der Waals surface area (Å²) < 4.78 is 0. The lowest BCUT2D eigenvalue weighted by molar-refractivity contribution is 0.104. The van der Waals surface area contributed by atoms with E-state index in [2.05, 4.69) is 30.7 Å². The average Bonchev–Trinajstić information content (AvgIpc) is 2.25. The van der Waals surface area contributed by atoms with E-state index < -0.39 is 0 Å². The van der Waals surface area contributed by atoms with Crippen LogP contribution in [0.15, 0.2) is 30.9 Å². The number of rotatable bonds is 5. The smallest absolute Gasteiger partial charge is 0.203 e. The molecule has 0 radical (unpaired) electrons. The van der Waals surface area contributed by atoms with Crippen molar-refractivity contribution in [3.05, 3.63) is 42.2 Å². The van der Waals surface area contributed by atoms with Crippen molar-refractivity contribution in [2.75, 3.05) is 0 Å². The van der Waals surface area contributed by atoms with Crippen molar-refractivity contribution in [2.45, 2.75) is 26.4 Å². The Morgan fingerprint density at radius 2 is 2.33 bits per heavy atom. The zero-order chi connectivity index (χ0) is 11.3. The number of pyridine rings is 1. The number of carbonyl (C=O) groups is 1. The summed E-state index contributed by atoms with van der Waals surface area (Å²) >= 11 is 0. The zero-order valence-electron chi connectivity index (χ0n) is 9.16. The van der Waals surface area contributed by atoms with Crippen LogP contribution in [0.25, 0.3) is 0 Å². The molecule has 0 fully saturated rings. The first kappa shape index (κ1) is 11.6. The van der Waals surface area contributed by atoms with E-state index in [9.17, 15) is 4.79 Å². The molecule has 0 bridgehead atoms. The second-order valence-electron chi connectivity index (χ2n) is 3.62. The maximum atomic E-state index is 11.3. The van der Waals surface area contributed by atoms with Gasteiger partial charge in [0.2, 0.25) is 5.78 Å². The Morgan fingerprint density at radius 3 is 2.93 bits per heavy atom. The fourth-order valence-electron chi connectivity index (χ4n) is 1.13. The van der Waals surface area contributed by atoms with Crippen molar-refractivity contribution in [1.82, 2.24) is 10.3 Å². The van der Waals surface area contributed by atoms with Gasteiger partial charge in [0.05, 0.1) is 5.69 Å². The topological polar surface area (TPSA) is 42.0 Å². The Bertz CT molecular complexity index is 358. The molecule has 1 aromatic heterocycles. The van der Waals surface area contributed by atoms with Crippen LogP contribution in [0.5, 0.6) is 0 Å². The summed E-state index contributed by atoms with van der Waals surface area (Å²) in [6.45, 7) is 8.25. The van der Waals surface area contributed by atoms with Gasteiger partial charge in [0.15, 0.2) is 0 Å². The van der Waals surface area contributed by atoms with E-state index in [-0.39, 0.29) is 5.78 Å². The van der Waals surface area contributed by atoms with E-state index in [1.807, 2.05) is 12.1 Å². The molecule has 0 aliphatic carbocycles. The van der Waals surface area contributed by atoms with Crippen LogP contribution in [0.3, 0.4) is 0 Å². The molecule has 1 heterocycles. The molecule has 0 unspecified atom stereocenters. The van der Waals surface area contributed by atoms with Crippen LogP contribution in [0.1, 0.15) is 30.0 Å². The van der Waals surface area contributed by atoms with E-state index >= 15 is 0 Å². The summed E-state index contributed by atoms with van der Waals surface area (Å²) in [5.74, 6) is -0.138. The molecule has 0 aliphatic heterocycles. The minimum absolute atomic E-state index is 0.138. The number of carbonyl (C=O) groups excluding carboxylic acids is 1. The number of nitrogens with zero attached hydrogens (tertiary/aromatic N) is 1. The average molecular weight is 204 g/mol. The van der Waals surface area contributed by atoms with Gasteiger partial charge in [-0.05, 0) is 18.2 Å². The first-order chi connectivity index (χ1) is 7.13. The van der Waals surface area contributed by atoms with Crippen molar-refractivity contribution < 1.29 is 4.79 Å². The molecule has 3 nitrogen and oxygen atoms in total. The fourth-order valence-corrected chi connectivity index (χ4v) is 1.13. The molecule has 1 rings (SSSR count). The molecule has 0 amide bonds. The van der Waals surface area contributed by atoms with Gasteiger partial charge in [-0.25, -0.2) is 4.98 Å². The number of aromatic nitrogens is 1. The number of allylic oxidation sites excluding steroid dienone is 1. The molecule has 1 N–H and O–H groups in total. The quantitative estimate of drug-likeness (QED) is 0.588. The predicted octanol–water partition coefficient (Wildman–Crippen LogP) is 1.95. The third-order valence-electron chi connectivity index (χ3n) is 1.94. The summed E-state index contributed by atoms with van der Waals surface area (Å²) in [6, 6.07) is 5.84. The number of hydrogen-bond acceptors (Lipinski definition) is 3. The fraction of sp³-hybridized carbons (Fsp3) is 0.333. The molecular formula is C12H16N2O. The van der Waals surface area contributed by atoms with Crippen LogP contribution in [-0.2, 0) is 6.54 Å². The van der Waals surface area contributed by atoms with E-state index in [0.717, 1.165) is 5.69 Å². The van der Waals surface area contributed by atoms with E-state index in [1.54, 1.807) is 6.07 Å². The molecule has 80 valence electrons. The van der Waals surface area contributed by atoms with Crippen LogP contribution >= 0.6 is 0 Å². The highest BCUT2D eigenvalue weighted by Crippen LogP contribution is 2.01. The molecule has 3 heteroatoms. The Balaban J connectivity index is 2.74. The van der Waals surface area contributed by atoms with Crippen molar-refractivity contribution >= 4 is 5.78 Å². The molecule has 0 aromatic carbocycles. The lowest BCUT2D eigenvalue weighted by Crippen LogP contribution is -2.22. The van der Waals surface area contributed by atoms with E-state index in [0.29, 0.717) is 18.3 Å². The molecule has 0 atom stereocenters. The summed E-state index contributed by atoms with van der Waals surface area (Å²) in [7, 11) is 0.